The molecule has 0 fully saturated rings. The molecule has 2 aromatic carbocycles. The highest BCUT2D eigenvalue weighted by Crippen LogP contribution is 2.19. The molecule has 1 N–H and O–H groups in total. The van der Waals surface area contributed by atoms with E-state index in [0.29, 0.717) is 17.8 Å². The molecule has 0 saturated heterocycles. The molecular formula is C24H26FN3O3. The number of halogens is 1. The second kappa shape index (κ2) is 10.0. The van der Waals surface area contributed by atoms with Crippen molar-refractivity contribution in [2.75, 3.05) is 6.61 Å². The number of aromatic nitrogens is 2. The lowest BCUT2D eigenvalue weighted by atomic mass is 10.0. The molecule has 1 aromatic heterocycles. The van der Waals surface area contributed by atoms with E-state index in [1.54, 1.807) is 23.7 Å². The standard InChI is InChI=1S/C24H26FN3O3/c1-4-31-24(30)22(14-18-8-6-5-7-9-18)26-23(29)15-21-16(2)27-28(17(21)3)20-12-10-19(25)11-13-20/h5-13,22H,4,14-15H2,1-3H3,(H,26,29). The zero-order chi connectivity index (χ0) is 22.4. The minimum Gasteiger partial charge on any atom is -0.464 e. The van der Waals surface area contributed by atoms with Crippen molar-refractivity contribution in [3.8, 4) is 5.69 Å². The maximum absolute atomic E-state index is 13.2. The second-order valence-corrected chi connectivity index (χ2v) is 7.28. The van der Waals surface area contributed by atoms with Crippen molar-refractivity contribution in [2.45, 2.75) is 39.7 Å². The first-order valence-corrected chi connectivity index (χ1v) is 10.2. The van der Waals surface area contributed by atoms with Gasteiger partial charge < -0.3 is 10.1 Å². The van der Waals surface area contributed by atoms with Gasteiger partial charge in [0.05, 0.1) is 24.4 Å². The SMILES string of the molecule is CCOC(=O)C(Cc1ccccc1)NC(=O)Cc1c(C)nn(-c2ccc(F)cc2)c1C. The summed E-state index contributed by atoms with van der Waals surface area (Å²) in [6.45, 7) is 5.65. The molecule has 1 heterocycles. The summed E-state index contributed by atoms with van der Waals surface area (Å²) in [5, 5.41) is 7.31. The zero-order valence-electron chi connectivity index (χ0n) is 17.9. The second-order valence-electron chi connectivity index (χ2n) is 7.28. The van der Waals surface area contributed by atoms with E-state index in [-0.39, 0.29) is 24.8 Å². The lowest BCUT2D eigenvalue weighted by molar-refractivity contribution is -0.147. The Morgan fingerprint density at radius 1 is 1.10 bits per heavy atom. The Morgan fingerprint density at radius 2 is 1.77 bits per heavy atom. The summed E-state index contributed by atoms with van der Waals surface area (Å²) in [5.41, 5.74) is 3.89. The molecule has 3 aromatic rings. The summed E-state index contributed by atoms with van der Waals surface area (Å²) in [5.74, 6) is -1.08. The fourth-order valence-corrected chi connectivity index (χ4v) is 3.46. The zero-order valence-corrected chi connectivity index (χ0v) is 17.9. The van der Waals surface area contributed by atoms with E-state index >= 15 is 0 Å². The van der Waals surface area contributed by atoms with Crippen LogP contribution in [0.4, 0.5) is 4.39 Å². The molecule has 0 radical (unpaired) electrons. The van der Waals surface area contributed by atoms with Crippen molar-refractivity contribution in [3.63, 3.8) is 0 Å². The molecular weight excluding hydrogens is 397 g/mol. The minimum absolute atomic E-state index is 0.0730. The van der Waals surface area contributed by atoms with Crippen molar-refractivity contribution in [2.24, 2.45) is 0 Å². The summed E-state index contributed by atoms with van der Waals surface area (Å²) in [4.78, 5) is 25.2. The summed E-state index contributed by atoms with van der Waals surface area (Å²) < 4.78 is 20.1. The van der Waals surface area contributed by atoms with Crippen LogP contribution in [0.1, 0.15) is 29.4 Å². The summed E-state index contributed by atoms with van der Waals surface area (Å²) in [6, 6.07) is 14.7. The highest BCUT2D eigenvalue weighted by atomic mass is 19.1. The van der Waals surface area contributed by atoms with Crippen LogP contribution in [-0.4, -0.2) is 34.3 Å². The number of hydrogen-bond donors (Lipinski definition) is 1. The third-order valence-corrected chi connectivity index (χ3v) is 5.04. The van der Waals surface area contributed by atoms with Gasteiger partial charge in [-0.15, -0.1) is 0 Å². The first-order chi connectivity index (χ1) is 14.9. The average molecular weight is 423 g/mol. The van der Waals surface area contributed by atoms with Crippen molar-refractivity contribution >= 4 is 11.9 Å². The monoisotopic (exact) mass is 423 g/mol. The molecule has 1 amide bonds. The van der Waals surface area contributed by atoms with E-state index < -0.39 is 12.0 Å². The van der Waals surface area contributed by atoms with Crippen LogP contribution in [0.3, 0.4) is 0 Å². The number of esters is 1. The number of hydrogen-bond acceptors (Lipinski definition) is 4. The van der Waals surface area contributed by atoms with Crippen LogP contribution in [0.25, 0.3) is 5.69 Å². The lowest BCUT2D eigenvalue weighted by Crippen LogP contribution is -2.44. The molecule has 3 rings (SSSR count). The van der Waals surface area contributed by atoms with Crippen LogP contribution < -0.4 is 5.32 Å². The minimum atomic E-state index is -0.775. The van der Waals surface area contributed by atoms with Crippen LogP contribution in [-0.2, 0) is 27.2 Å². The third kappa shape index (κ3) is 5.57. The number of benzene rings is 2. The maximum Gasteiger partial charge on any atom is 0.328 e. The Bertz CT molecular complexity index is 1050. The predicted molar refractivity (Wildman–Crippen MR) is 115 cm³/mol. The highest BCUT2D eigenvalue weighted by Gasteiger charge is 2.24. The molecule has 0 aliphatic carbocycles. The van der Waals surface area contributed by atoms with Crippen LogP contribution in [0.15, 0.2) is 54.6 Å². The molecule has 31 heavy (non-hydrogen) atoms. The van der Waals surface area contributed by atoms with Crippen molar-refractivity contribution in [1.82, 2.24) is 15.1 Å². The van der Waals surface area contributed by atoms with Crippen LogP contribution in [0.2, 0.25) is 0 Å². The third-order valence-electron chi connectivity index (χ3n) is 5.04. The van der Waals surface area contributed by atoms with Crippen LogP contribution in [0, 0.1) is 19.7 Å². The molecule has 0 spiro atoms. The first-order valence-electron chi connectivity index (χ1n) is 10.2. The van der Waals surface area contributed by atoms with Crippen LogP contribution in [0.5, 0.6) is 0 Å². The number of rotatable bonds is 8. The van der Waals surface area contributed by atoms with Gasteiger partial charge in [0.25, 0.3) is 0 Å². The number of aryl methyl sites for hydroxylation is 1. The molecule has 0 saturated carbocycles. The molecule has 7 heteroatoms. The van der Waals surface area contributed by atoms with Crippen molar-refractivity contribution in [1.29, 1.82) is 0 Å². The highest BCUT2D eigenvalue weighted by molar-refractivity contribution is 5.86. The van der Waals surface area contributed by atoms with Gasteiger partial charge in [-0.1, -0.05) is 30.3 Å². The summed E-state index contributed by atoms with van der Waals surface area (Å²) in [6.07, 6.45) is 0.418. The van der Waals surface area contributed by atoms with Gasteiger partial charge in [-0.25, -0.2) is 13.9 Å². The largest absolute Gasteiger partial charge is 0.464 e. The van der Waals surface area contributed by atoms with E-state index in [2.05, 4.69) is 10.4 Å². The van der Waals surface area contributed by atoms with Gasteiger partial charge in [-0.3, -0.25) is 4.79 Å². The number of carbonyl (C=O) groups excluding carboxylic acids is 2. The van der Waals surface area contributed by atoms with Gasteiger partial charge in [-0.05, 0) is 50.6 Å². The van der Waals surface area contributed by atoms with Gasteiger partial charge in [0, 0.05) is 17.7 Å². The van der Waals surface area contributed by atoms with E-state index in [0.717, 1.165) is 16.8 Å². The number of nitrogens with zero attached hydrogens (tertiary/aromatic N) is 2. The summed E-state index contributed by atoms with van der Waals surface area (Å²) in [7, 11) is 0. The van der Waals surface area contributed by atoms with Crippen molar-refractivity contribution in [3.05, 3.63) is 82.9 Å². The topological polar surface area (TPSA) is 73.2 Å². The maximum atomic E-state index is 13.2. The fourth-order valence-electron chi connectivity index (χ4n) is 3.46. The normalized spacial score (nSPS) is 11.7. The average Bonchev–Trinajstić information content (AvgIpc) is 3.03. The summed E-state index contributed by atoms with van der Waals surface area (Å²) >= 11 is 0. The predicted octanol–water partition coefficient (Wildman–Crippen LogP) is 3.46. The molecule has 0 bridgehead atoms. The van der Waals surface area contributed by atoms with E-state index in [4.69, 9.17) is 4.74 Å². The molecule has 0 aliphatic heterocycles. The van der Waals surface area contributed by atoms with Crippen molar-refractivity contribution < 1.29 is 18.7 Å². The molecule has 0 aliphatic rings. The molecule has 6 nitrogen and oxygen atoms in total. The fraction of sp³-hybridized carbons (Fsp3) is 0.292. The number of carbonyl (C=O) groups is 2. The number of nitrogens with one attached hydrogen (secondary N) is 1. The Balaban J connectivity index is 1.76. The number of amides is 1. The van der Waals surface area contributed by atoms with E-state index in [1.165, 1.54) is 12.1 Å². The Kier molecular flexibility index (Phi) is 7.18. The van der Waals surface area contributed by atoms with Gasteiger partial charge in [0.2, 0.25) is 5.91 Å². The Morgan fingerprint density at radius 3 is 2.42 bits per heavy atom. The van der Waals surface area contributed by atoms with Crippen LogP contribution >= 0.6 is 0 Å². The Labute approximate surface area is 181 Å². The van der Waals surface area contributed by atoms with Gasteiger partial charge >= 0.3 is 5.97 Å². The molecule has 162 valence electrons. The van der Waals surface area contributed by atoms with E-state index in [1.807, 2.05) is 44.2 Å². The molecule has 1 unspecified atom stereocenters. The van der Waals surface area contributed by atoms with E-state index in [9.17, 15) is 14.0 Å². The quantitative estimate of drug-likeness (QED) is 0.563. The number of ether oxygens (including phenoxy) is 1. The smallest absolute Gasteiger partial charge is 0.328 e. The van der Waals surface area contributed by atoms with Gasteiger partial charge in [0.1, 0.15) is 11.9 Å². The van der Waals surface area contributed by atoms with Gasteiger partial charge in [-0.2, -0.15) is 5.10 Å². The molecule has 1 atom stereocenters. The van der Waals surface area contributed by atoms with Gasteiger partial charge in [0.15, 0.2) is 0 Å². The first kappa shape index (κ1) is 22.2. The lowest BCUT2D eigenvalue weighted by Gasteiger charge is -2.17. The Hall–Kier alpha value is -3.48.